The summed E-state index contributed by atoms with van der Waals surface area (Å²) in [5, 5.41) is 11.6. The van der Waals surface area contributed by atoms with E-state index in [0.29, 0.717) is 17.2 Å². The van der Waals surface area contributed by atoms with Gasteiger partial charge in [0.1, 0.15) is 23.7 Å². The van der Waals surface area contributed by atoms with Crippen LogP contribution >= 0.6 is 0 Å². The Bertz CT molecular complexity index is 1150. The number of nitrogens with one attached hydrogen (secondary N) is 1. The van der Waals surface area contributed by atoms with Crippen LogP contribution in [0.2, 0.25) is 0 Å². The van der Waals surface area contributed by atoms with E-state index in [1.807, 2.05) is 0 Å². The smallest absolute Gasteiger partial charge is 0.347 e. The molecule has 1 aliphatic rings. The Kier molecular flexibility index (Phi) is 6.53. The summed E-state index contributed by atoms with van der Waals surface area (Å²) >= 11 is 0. The van der Waals surface area contributed by atoms with E-state index in [1.54, 1.807) is 42.5 Å². The van der Waals surface area contributed by atoms with Crippen LogP contribution in [0.5, 0.6) is 28.9 Å². The summed E-state index contributed by atoms with van der Waals surface area (Å²) in [7, 11) is 0. The van der Waals surface area contributed by atoms with Gasteiger partial charge >= 0.3 is 5.97 Å². The van der Waals surface area contributed by atoms with Crippen molar-refractivity contribution in [2.24, 2.45) is 0 Å². The summed E-state index contributed by atoms with van der Waals surface area (Å²) in [4.78, 5) is 27.8. The first kappa shape index (κ1) is 21.9. The van der Waals surface area contributed by atoms with Crippen LogP contribution in [-0.4, -0.2) is 41.5 Å². The number of aliphatic carboxylic acids is 1. The van der Waals surface area contributed by atoms with Crippen molar-refractivity contribution in [1.29, 1.82) is 0 Å². The first-order chi connectivity index (χ1) is 16.0. The van der Waals surface area contributed by atoms with Gasteiger partial charge in [0.05, 0.1) is 0 Å². The van der Waals surface area contributed by atoms with Crippen LogP contribution in [0.15, 0.2) is 60.8 Å². The molecule has 0 spiro atoms. The summed E-state index contributed by atoms with van der Waals surface area (Å²) in [5.41, 5.74) is 0.965. The molecule has 1 aromatic heterocycles. The maximum atomic E-state index is 12.7. The lowest BCUT2D eigenvalue weighted by molar-refractivity contribution is -0.145. The number of carboxylic acid groups (broad SMARTS) is 1. The molecule has 1 aliphatic heterocycles. The molecule has 1 atom stereocenters. The van der Waals surface area contributed by atoms with Crippen molar-refractivity contribution in [2.75, 3.05) is 13.5 Å². The number of hydrogen-bond donors (Lipinski definition) is 2. The minimum atomic E-state index is -1.57. The van der Waals surface area contributed by atoms with E-state index in [-0.39, 0.29) is 30.5 Å². The van der Waals surface area contributed by atoms with Crippen molar-refractivity contribution in [1.82, 2.24) is 10.3 Å². The summed E-state index contributed by atoms with van der Waals surface area (Å²) in [6.07, 6.45) is -0.0519. The van der Waals surface area contributed by atoms with Crippen molar-refractivity contribution >= 4 is 11.9 Å². The predicted octanol–water partition coefficient (Wildman–Crippen LogP) is 3.33. The lowest BCUT2D eigenvalue weighted by atomic mass is 10.2. The number of halogens is 1. The number of benzene rings is 2. The number of carbonyl (C=O) groups is 2. The van der Waals surface area contributed by atoms with Crippen LogP contribution in [0.25, 0.3) is 0 Å². The van der Waals surface area contributed by atoms with E-state index < -0.39 is 24.7 Å². The third-order valence-electron chi connectivity index (χ3n) is 4.64. The fourth-order valence-electron chi connectivity index (χ4n) is 2.97. The first-order valence-electron chi connectivity index (χ1n) is 9.88. The number of rotatable bonds is 9. The van der Waals surface area contributed by atoms with Crippen LogP contribution in [-0.2, 0) is 11.3 Å². The number of alkyl halides is 1. The van der Waals surface area contributed by atoms with Gasteiger partial charge in [0.15, 0.2) is 11.5 Å². The molecule has 2 heterocycles. The number of fused-ring (bicyclic) bond motifs is 1. The highest BCUT2D eigenvalue weighted by atomic mass is 19.1. The molecule has 170 valence electrons. The molecule has 0 bridgehead atoms. The van der Waals surface area contributed by atoms with Gasteiger partial charge in [-0.05, 0) is 42.0 Å². The Hall–Kier alpha value is -4.34. The second-order valence-corrected chi connectivity index (χ2v) is 6.90. The lowest BCUT2D eigenvalue weighted by Gasteiger charge is -2.13. The maximum Gasteiger partial charge on any atom is 0.347 e. The number of carbonyl (C=O) groups excluding carboxylic acids is 1. The molecular weight excluding hydrogens is 435 g/mol. The summed E-state index contributed by atoms with van der Waals surface area (Å²) in [6.45, 7) is -0.822. The Morgan fingerprint density at radius 3 is 2.61 bits per heavy atom. The molecule has 0 fully saturated rings. The number of nitrogens with zero attached hydrogens (tertiary/aromatic N) is 1. The van der Waals surface area contributed by atoms with E-state index in [2.05, 4.69) is 10.3 Å². The Balaban J connectivity index is 1.38. The van der Waals surface area contributed by atoms with Crippen LogP contribution in [0, 0.1) is 0 Å². The second-order valence-electron chi connectivity index (χ2n) is 6.90. The van der Waals surface area contributed by atoms with Gasteiger partial charge in [0, 0.05) is 18.8 Å². The average molecular weight is 454 g/mol. The van der Waals surface area contributed by atoms with E-state index in [9.17, 15) is 14.0 Å². The average Bonchev–Trinajstić information content (AvgIpc) is 3.30. The minimum Gasteiger partial charge on any atom is -0.478 e. The normalized spacial score (nSPS) is 12.6. The van der Waals surface area contributed by atoms with Gasteiger partial charge in [0.25, 0.3) is 5.91 Å². The largest absolute Gasteiger partial charge is 0.478 e. The fourth-order valence-corrected chi connectivity index (χ4v) is 2.97. The van der Waals surface area contributed by atoms with E-state index in [4.69, 9.17) is 24.1 Å². The topological polar surface area (TPSA) is 116 Å². The van der Waals surface area contributed by atoms with Gasteiger partial charge in [-0.15, -0.1) is 0 Å². The Labute approximate surface area is 187 Å². The number of amides is 1. The van der Waals surface area contributed by atoms with Crippen molar-refractivity contribution in [2.45, 2.75) is 12.6 Å². The summed E-state index contributed by atoms with van der Waals surface area (Å²) in [5.74, 6) is 0.150. The molecule has 9 nitrogen and oxygen atoms in total. The number of hydrogen-bond acceptors (Lipinski definition) is 7. The van der Waals surface area contributed by atoms with Crippen molar-refractivity contribution < 1.29 is 38.0 Å². The standard InChI is InChI=1S/C23H19FN2O7/c24-11-20(23(28)29)32-15-5-3-14(4-6-15)12-26-21(27)17-2-1-9-25-22(17)33-16-7-8-18-19(10-16)31-13-30-18/h1-10,20H,11-13H2,(H,26,27)(H,28,29). The third kappa shape index (κ3) is 5.29. The Morgan fingerprint density at radius 2 is 1.85 bits per heavy atom. The second kappa shape index (κ2) is 9.86. The van der Waals surface area contributed by atoms with Crippen LogP contribution < -0.4 is 24.3 Å². The number of pyridine rings is 1. The van der Waals surface area contributed by atoms with Gasteiger partial charge in [-0.1, -0.05) is 12.1 Å². The highest BCUT2D eigenvalue weighted by molar-refractivity contribution is 5.96. The number of ether oxygens (including phenoxy) is 4. The predicted molar refractivity (Wildman–Crippen MR) is 113 cm³/mol. The van der Waals surface area contributed by atoms with Gasteiger partial charge in [-0.2, -0.15) is 0 Å². The van der Waals surface area contributed by atoms with Crippen LogP contribution in [0.3, 0.4) is 0 Å². The van der Waals surface area contributed by atoms with Crippen LogP contribution in [0.4, 0.5) is 4.39 Å². The molecule has 2 N–H and O–H groups in total. The van der Waals surface area contributed by atoms with Crippen LogP contribution in [0.1, 0.15) is 15.9 Å². The quantitative estimate of drug-likeness (QED) is 0.506. The van der Waals surface area contributed by atoms with Gasteiger partial charge < -0.3 is 29.4 Å². The molecule has 0 saturated carbocycles. The van der Waals surface area contributed by atoms with Crippen molar-refractivity contribution in [3.63, 3.8) is 0 Å². The van der Waals surface area contributed by atoms with Gasteiger partial charge in [0.2, 0.25) is 18.8 Å². The highest BCUT2D eigenvalue weighted by Crippen LogP contribution is 2.36. The van der Waals surface area contributed by atoms with E-state index in [1.165, 1.54) is 18.3 Å². The number of aromatic nitrogens is 1. The highest BCUT2D eigenvalue weighted by Gasteiger charge is 2.19. The molecule has 0 radical (unpaired) electrons. The third-order valence-corrected chi connectivity index (χ3v) is 4.64. The zero-order valence-corrected chi connectivity index (χ0v) is 17.2. The van der Waals surface area contributed by atoms with Crippen molar-refractivity contribution in [3.8, 4) is 28.9 Å². The molecule has 33 heavy (non-hydrogen) atoms. The molecular formula is C23H19FN2O7. The number of carboxylic acids is 1. The fraction of sp³-hybridized carbons (Fsp3) is 0.174. The molecule has 10 heteroatoms. The molecule has 0 aliphatic carbocycles. The maximum absolute atomic E-state index is 12.7. The molecule has 3 aromatic rings. The molecule has 0 saturated heterocycles. The zero-order chi connectivity index (χ0) is 23.2. The molecule has 4 rings (SSSR count). The van der Waals surface area contributed by atoms with Gasteiger partial charge in [-0.25, -0.2) is 14.2 Å². The molecule has 1 amide bonds. The summed E-state index contributed by atoms with van der Waals surface area (Å²) in [6, 6.07) is 14.5. The zero-order valence-electron chi connectivity index (χ0n) is 17.2. The van der Waals surface area contributed by atoms with Gasteiger partial charge in [-0.3, -0.25) is 4.79 Å². The monoisotopic (exact) mass is 454 g/mol. The lowest BCUT2D eigenvalue weighted by Crippen LogP contribution is -2.29. The molecule has 2 aromatic carbocycles. The Morgan fingerprint density at radius 1 is 1.09 bits per heavy atom. The van der Waals surface area contributed by atoms with Crippen molar-refractivity contribution in [3.05, 3.63) is 71.9 Å². The minimum absolute atomic E-state index is 0.128. The van der Waals surface area contributed by atoms with E-state index >= 15 is 0 Å². The summed E-state index contributed by atoms with van der Waals surface area (Å²) < 4.78 is 34.2. The first-order valence-corrected chi connectivity index (χ1v) is 9.88. The van der Waals surface area contributed by atoms with E-state index in [0.717, 1.165) is 5.56 Å². The SMILES string of the molecule is O=C(NCc1ccc(OC(CF)C(=O)O)cc1)c1cccnc1Oc1ccc2c(c1)OCO2. The molecule has 1 unspecified atom stereocenters.